The predicted molar refractivity (Wildman–Crippen MR) is 111 cm³/mol. The highest BCUT2D eigenvalue weighted by atomic mass is 16.5. The molecule has 0 unspecified atom stereocenters. The lowest BCUT2D eigenvalue weighted by molar-refractivity contribution is -0.139. The molecule has 7 heteroatoms. The van der Waals surface area contributed by atoms with Crippen LogP contribution in [0.25, 0.3) is 11.2 Å². The number of carbonyl (C=O) groups excluding carboxylic acids is 1. The van der Waals surface area contributed by atoms with E-state index in [1.807, 2.05) is 44.9 Å². The quantitative estimate of drug-likeness (QED) is 0.681. The van der Waals surface area contributed by atoms with Crippen LogP contribution in [0, 0.1) is 13.8 Å². The van der Waals surface area contributed by atoms with Crippen molar-refractivity contribution in [3.05, 3.63) is 47.4 Å². The zero-order valence-corrected chi connectivity index (χ0v) is 17.4. The van der Waals surface area contributed by atoms with Gasteiger partial charge in [-0.1, -0.05) is 6.07 Å². The van der Waals surface area contributed by atoms with E-state index in [0.717, 1.165) is 53.1 Å². The number of piperidine rings is 1. The first-order valence-corrected chi connectivity index (χ1v) is 10.1. The van der Waals surface area contributed by atoms with Crippen LogP contribution in [0.1, 0.15) is 42.5 Å². The third-order valence-corrected chi connectivity index (χ3v) is 5.46. The molecule has 29 heavy (non-hydrogen) atoms. The van der Waals surface area contributed by atoms with Gasteiger partial charge >= 0.3 is 0 Å². The number of likely N-dealkylation sites (tertiary alicyclic amines) is 1. The van der Waals surface area contributed by atoms with Crippen LogP contribution in [0.2, 0.25) is 0 Å². The highest BCUT2D eigenvalue weighted by Crippen LogP contribution is 2.30. The van der Waals surface area contributed by atoms with Gasteiger partial charge in [-0.25, -0.2) is 14.6 Å². The number of fused-ring (bicyclic) bond motifs is 1. The van der Waals surface area contributed by atoms with E-state index >= 15 is 0 Å². The highest BCUT2D eigenvalue weighted by molar-refractivity contribution is 5.81. The average molecular weight is 393 g/mol. The molecule has 3 heterocycles. The van der Waals surface area contributed by atoms with Gasteiger partial charge in [0.2, 0.25) is 0 Å². The van der Waals surface area contributed by atoms with Crippen molar-refractivity contribution in [2.75, 3.05) is 13.1 Å². The van der Waals surface area contributed by atoms with E-state index < -0.39 is 6.10 Å². The minimum Gasteiger partial charge on any atom is -0.481 e. The van der Waals surface area contributed by atoms with Gasteiger partial charge in [0.15, 0.2) is 11.8 Å². The monoisotopic (exact) mass is 393 g/mol. The van der Waals surface area contributed by atoms with Crippen molar-refractivity contribution in [1.29, 1.82) is 0 Å². The molecule has 0 spiro atoms. The third-order valence-electron chi connectivity index (χ3n) is 5.46. The number of amides is 1. The van der Waals surface area contributed by atoms with Gasteiger partial charge < -0.3 is 9.64 Å². The fourth-order valence-electron chi connectivity index (χ4n) is 4.19. The van der Waals surface area contributed by atoms with Gasteiger partial charge in [-0.2, -0.15) is 5.10 Å². The SMILES string of the molecule is Cc1cc(C)cc(O[C@@H](C)C(=O)N2CCC[C@H](c3nn(C)c4nccnc34)C2)c1. The summed E-state index contributed by atoms with van der Waals surface area (Å²) in [6.07, 6.45) is 4.76. The maximum atomic E-state index is 13.1. The fraction of sp³-hybridized carbons (Fsp3) is 0.455. The molecule has 0 N–H and O–H groups in total. The van der Waals surface area contributed by atoms with Crippen molar-refractivity contribution in [1.82, 2.24) is 24.6 Å². The Balaban J connectivity index is 1.49. The van der Waals surface area contributed by atoms with Crippen molar-refractivity contribution in [3.63, 3.8) is 0 Å². The summed E-state index contributed by atoms with van der Waals surface area (Å²) in [5, 5.41) is 4.66. The summed E-state index contributed by atoms with van der Waals surface area (Å²) < 4.78 is 7.74. The Labute approximate surface area is 170 Å². The first kappa shape index (κ1) is 19.4. The Morgan fingerprint density at radius 1 is 1.17 bits per heavy atom. The number of hydrogen-bond acceptors (Lipinski definition) is 5. The first-order valence-electron chi connectivity index (χ1n) is 10.1. The zero-order valence-electron chi connectivity index (χ0n) is 17.4. The molecule has 1 fully saturated rings. The molecule has 7 nitrogen and oxygen atoms in total. The molecule has 0 aliphatic carbocycles. The van der Waals surface area contributed by atoms with Crippen molar-refractivity contribution in [2.24, 2.45) is 7.05 Å². The molecule has 0 bridgehead atoms. The lowest BCUT2D eigenvalue weighted by Gasteiger charge is -2.33. The van der Waals surface area contributed by atoms with E-state index in [9.17, 15) is 4.79 Å². The molecule has 0 radical (unpaired) electrons. The van der Waals surface area contributed by atoms with Crippen molar-refractivity contribution in [2.45, 2.75) is 45.6 Å². The number of aromatic nitrogens is 4. The molecule has 3 aromatic rings. The van der Waals surface area contributed by atoms with Gasteiger partial charge in [0.1, 0.15) is 11.3 Å². The number of carbonyl (C=O) groups is 1. The lowest BCUT2D eigenvalue weighted by Crippen LogP contribution is -2.45. The molecule has 1 aliphatic heterocycles. The fourth-order valence-corrected chi connectivity index (χ4v) is 4.19. The van der Waals surface area contributed by atoms with Crippen LogP contribution in [-0.2, 0) is 11.8 Å². The summed E-state index contributed by atoms with van der Waals surface area (Å²) in [6, 6.07) is 6.03. The Hall–Kier alpha value is -2.96. The van der Waals surface area contributed by atoms with Crippen molar-refractivity contribution in [3.8, 4) is 5.75 Å². The van der Waals surface area contributed by atoms with Crippen LogP contribution in [-0.4, -0.2) is 49.7 Å². The third kappa shape index (κ3) is 3.95. The molecule has 1 aromatic carbocycles. The Bertz CT molecular complexity index is 1020. The van der Waals surface area contributed by atoms with Crippen LogP contribution in [0.15, 0.2) is 30.6 Å². The number of nitrogens with zero attached hydrogens (tertiary/aromatic N) is 5. The summed E-state index contributed by atoms with van der Waals surface area (Å²) in [5.74, 6) is 0.907. The van der Waals surface area contributed by atoms with Crippen LogP contribution in [0.4, 0.5) is 0 Å². The van der Waals surface area contributed by atoms with E-state index in [4.69, 9.17) is 4.74 Å². The molecule has 152 valence electrons. The smallest absolute Gasteiger partial charge is 0.263 e. The Kier molecular flexibility index (Phi) is 5.22. The molecule has 4 rings (SSSR count). The maximum absolute atomic E-state index is 13.1. The Morgan fingerprint density at radius 3 is 2.66 bits per heavy atom. The van der Waals surface area contributed by atoms with Gasteiger partial charge in [-0.05, 0) is 56.9 Å². The summed E-state index contributed by atoms with van der Waals surface area (Å²) in [6.45, 7) is 7.25. The van der Waals surface area contributed by atoms with Gasteiger partial charge in [0.05, 0.1) is 5.69 Å². The minimum atomic E-state index is -0.532. The van der Waals surface area contributed by atoms with Crippen LogP contribution in [0.3, 0.4) is 0 Å². The molecule has 2 atom stereocenters. The van der Waals surface area contributed by atoms with Crippen molar-refractivity contribution >= 4 is 17.1 Å². The van der Waals surface area contributed by atoms with E-state index in [-0.39, 0.29) is 11.8 Å². The van der Waals surface area contributed by atoms with E-state index in [0.29, 0.717) is 6.54 Å². The second-order valence-electron chi connectivity index (χ2n) is 7.94. The van der Waals surface area contributed by atoms with E-state index in [2.05, 4.69) is 21.1 Å². The summed E-state index contributed by atoms with van der Waals surface area (Å²) in [7, 11) is 1.88. The molecular formula is C22H27N5O2. The number of ether oxygens (including phenoxy) is 1. The number of rotatable bonds is 4. The van der Waals surface area contributed by atoms with E-state index in [1.165, 1.54) is 0 Å². The minimum absolute atomic E-state index is 0.0141. The van der Waals surface area contributed by atoms with Gasteiger partial charge in [0.25, 0.3) is 5.91 Å². The van der Waals surface area contributed by atoms with Crippen LogP contribution >= 0.6 is 0 Å². The Morgan fingerprint density at radius 2 is 1.90 bits per heavy atom. The molecule has 0 saturated carbocycles. The maximum Gasteiger partial charge on any atom is 0.263 e. The first-order chi connectivity index (χ1) is 13.9. The molecule has 2 aromatic heterocycles. The molecule has 1 aliphatic rings. The summed E-state index contributed by atoms with van der Waals surface area (Å²) in [5.41, 5.74) is 4.78. The lowest BCUT2D eigenvalue weighted by atomic mass is 9.94. The molecular weight excluding hydrogens is 366 g/mol. The number of benzene rings is 1. The highest BCUT2D eigenvalue weighted by Gasteiger charge is 2.31. The van der Waals surface area contributed by atoms with Crippen molar-refractivity contribution < 1.29 is 9.53 Å². The second-order valence-corrected chi connectivity index (χ2v) is 7.94. The van der Waals surface area contributed by atoms with Crippen LogP contribution < -0.4 is 4.74 Å². The average Bonchev–Trinajstić information content (AvgIpc) is 3.04. The molecule has 1 saturated heterocycles. The standard InChI is InChI=1S/C22H27N5O2/c1-14-10-15(2)12-18(11-14)29-16(3)22(28)27-9-5-6-17(13-27)19-20-21(26(4)25-19)24-8-7-23-20/h7-8,10-12,16-17H,5-6,9,13H2,1-4H3/t16-,17-/m0/s1. The van der Waals surface area contributed by atoms with Crippen LogP contribution in [0.5, 0.6) is 5.75 Å². The normalized spacial score (nSPS) is 18.1. The summed E-state index contributed by atoms with van der Waals surface area (Å²) >= 11 is 0. The topological polar surface area (TPSA) is 73.1 Å². The van der Waals surface area contributed by atoms with Gasteiger partial charge in [0, 0.05) is 38.4 Å². The number of aryl methyl sites for hydroxylation is 3. The van der Waals surface area contributed by atoms with Gasteiger partial charge in [-0.3, -0.25) is 4.79 Å². The molecule has 1 amide bonds. The second kappa shape index (κ2) is 7.81. The van der Waals surface area contributed by atoms with Gasteiger partial charge in [-0.15, -0.1) is 0 Å². The predicted octanol–water partition coefficient (Wildman–Crippen LogP) is 3.15. The number of hydrogen-bond donors (Lipinski definition) is 0. The largest absolute Gasteiger partial charge is 0.481 e. The summed E-state index contributed by atoms with van der Waals surface area (Å²) in [4.78, 5) is 23.8. The van der Waals surface area contributed by atoms with E-state index in [1.54, 1.807) is 17.1 Å². The zero-order chi connectivity index (χ0) is 20.5.